The van der Waals surface area contributed by atoms with E-state index in [1.807, 2.05) is 30.3 Å². The van der Waals surface area contributed by atoms with Gasteiger partial charge in [0.1, 0.15) is 0 Å². The summed E-state index contributed by atoms with van der Waals surface area (Å²) in [5.41, 5.74) is 0.419. The topological polar surface area (TPSA) is 20.2 Å². The van der Waals surface area contributed by atoms with Crippen molar-refractivity contribution in [2.45, 2.75) is 30.2 Å². The molecule has 2 heteroatoms. The first-order valence-electron chi connectivity index (χ1n) is 5.66. The van der Waals surface area contributed by atoms with Crippen molar-refractivity contribution in [3.63, 3.8) is 0 Å². The maximum absolute atomic E-state index is 10.7. The van der Waals surface area contributed by atoms with Crippen LogP contribution in [0.1, 0.15) is 24.8 Å². The van der Waals surface area contributed by atoms with Crippen LogP contribution in [0.4, 0.5) is 0 Å². The molecule has 3 rings (SSSR count). The summed E-state index contributed by atoms with van der Waals surface area (Å²) in [5, 5.41) is 10.9. The maximum Gasteiger partial charge on any atom is 0.0980 e. The number of aliphatic hydroxyl groups is 1. The van der Waals surface area contributed by atoms with Gasteiger partial charge in [0, 0.05) is 17.2 Å². The fourth-order valence-electron chi connectivity index (χ4n) is 3.37. The third kappa shape index (κ3) is 1.14. The fraction of sp³-hybridized carbons (Fsp3) is 0.538. The third-order valence-electron chi connectivity index (χ3n) is 4.17. The van der Waals surface area contributed by atoms with E-state index in [1.54, 1.807) is 0 Å². The minimum atomic E-state index is -0.633. The zero-order valence-electron chi connectivity index (χ0n) is 8.57. The van der Waals surface area contributed by atoms with Gasteiger partial charge in [-0.3, -0.25) is 0 Å². The average Bonchev–Trinajstić information content (AvgIpc) is 2.31. The predicted octanol–water partition coefficient (Wildman–Crippen LogP) is 2.91. The molecule has 2 fully saturated rings. The minimum Gasteiger partial charge on any atom is -0.384 e. The number of rotatable bonds is 1. The van der Waals surface area contributed by atoms with Crippen LogP contribution in [-0.4, -0.2) is 10.5 Å². The Morgan fingerprint density at radius 3 is 2.27 bits per heavy atom. The molecule has 2 bridgehead atoms. The van der Waals surface area contributed by atoms with Crippen molar-refractivity contribution in [1.82, 2.24) is 0 Å². The van der Waals surface area contributed by atoms with Crippen LogP contribution >= 0.6 is 11.6 Å². The van der Waals surface area contributed by atoms with Gasteiger partial charge in [0.15, 0.2) is 0 Å². The van der Waals surface area contributed by atoms with E-state index < -0.39 is 5.60 Å². The molecule has 0 aromatic heterocycles. The lowest BCUT2D eigenvalue weighted by atomic mass is 9.51. The van der Waals surface area contributed by atoms with Gasteiger partial charge in [0.05, 0.1) is 5.60 Å². The Morgan fingerprint density at radius 1 is 1.13 bits per heavy atom. The third-order valence-corrected chi connectivity index (χ3v) is 4.77. The molecule has 4 atom stereocenters. The highest BCUT2D eigenvalue weighted by molar-refractivity contribution is 6.22. The average molecular weight is 223 g/mol. The number of benzene rings is 1. The maximum atomic E-state index is 10.7. The lowest BCUT2D eigenvalue weighted by Crippen LogP contribution is -2.63. The normalized spacial score (nSPS) is 43.5. The molecule has 1 nitrogen and oxygen atoms in total. The van der Waals surface area contributed by atoms with Crippen LogP contribution in [0, 0.1) is 11.8 Å². The Morgan fingerprint density at radius 2 is 1.73 bits per heavy atom. The van der Waals surface area contributed by atoms with Crippen molar-refractivity contribution < 1.29 is 5.11 Å². The highest BCUT2D eigenvalue weighted by atomic mass is 35.5. The zero-order valence-corrected chi connectivity index (χ0v) is 9.32. The van der Waals surface area contributed by atoms with Crippen LogP contribution in [0.15, 0.2) is 30.3 Å². The Balaban J connectivity index is 1.99. The van der Waals surface area contributed by atoms with Crippen LogP contribution < -0.4 is 0 Å². The molecule has 2 unspecified atom stereocenters. The van der Waals surface area contributed by atoms with E-state index in [-0.39, 0.29) is 17.2 Å². The van der Waals surface area contributed by atoms with E-state index in [2.05, 4.69) is 0 Å². The lowest BCUT2D eigenvalue weighted by Gasteiger charge is -2.60. The zero-order chi connectivity index (χ0) is 10.5. The quantitative estimate of drug-likeness (QED) is 0.725. The van der Waals surface area contributed by atoms with Crippen LogP contribution in [0.2, 0.25) is 0 Å². The predicted molar refractivity (Wildman–Crippen MR) is 60.8 cm³/mol. The Labute approximate surface area is 95.1 Å². The van der Waals surface area contributed by atoms with Crippen molar-refractivity contribution in [3.05, 3.63) is 35.9 Å². The van der Waals surface area contributed by atoms with Crippen LogP contribution in [-0.2, 0) is 5.60 Å². The first-order valence-corrected chi connectivity index (χ1v) is 6.10. The first-order chi connectivity index (χ1) is 7.24. The molecule has 0 radical (unpaired) electrons. The molecule has 0 heterocycles. The number of fused-ring (bicyclic) bond motifs is 2. The highest BCUT2D eigenvalue weighted by Crippen LogP contribution is 2.61. The second-order valence-electron chi connectivity index (χ2n) is 4.78. The van der Waals surface area contributed by atoms with Gasteiger partial charge in [-0.2, -0.15) is 0 Å². The molecule has 2 aliphatic rings. The molecule has 1 aromatic carbocycles. The van der Waals surface area contributed by atoms with Crippen molar-refractivity contribution in [2.75, 3.05) is 0 Å². The standard InChI is InChI=1S/C13H15ClO/c14-12-10-7-4-8-11(12)13(10,15)9-5-2-1-3-6-9/h1-3,5-6,10-12,15H,4,7-8H2/t10-,11+,12?,13?. The van der Waals surface area contributed by atoms with Gasteiger partial charge < -0.3 is 5.11 Å². The molecular formula is C13H15ClO. The van der Waals surface area contributed by atoms with E-state index in [0.717, 1.165) is 18.4 Å². The van der Waals surface area contributed by atoms with Crippen LogP contribution in [0.3, 0.4) is 0 Å². The number of halogens is 1. The van der Waals surface area contributed by atoms with Gasteiger partial charge >= 0.3 is 0 Å². The van der Waals surface area contributed by atoms with Gasteiger partial charge in [-0.15, -0.1) is 11.6 Å². The molecule has 0 spiro atoms. The molecule has 0 aliphatic heterocycles. The first kappa shape index (κ1) is 9.68. The van der Waals surface area contributed by atoms with Crippen molar-refractivity contribution >= 4 is 11.6 Å². The molecule has 2 saturated carbocycles. The van der Waals surface area contributed by atoms with E-state index in [9.17, 15) is 5.11 Å². The van der Waals surface area contributed by atoms with Gasteiger partial charge in [-0.1, -0.05) is 36.8 Å². The Bertz CT molecular complexity index is 350. The SMILES string of the molecule is OC1(c2ccccc2)[C@@H]2CCC[C@H]1C2Cl. The van der Waals surface area contributed by atoms with E-state index in [1.165, 1.54) is 6.42 Å². The summed E-state index contributed by atoms with van der Waals surface area (Å²) < 4.78 is 0. The van der Waals surface area contributed by atoms with E-state index in [4.69, 9.17) is 11.6 Å². The van der Waals surface area contributed by atoms with Crippen LogP contribution in [0.25, 0.3) is 0 Å². The molecule has 15 heavy (non-hydrogen) atoms. The summed E-state index contributed by atoms with van der Waals surface area (Å²) >= 11 is 6.29. The largest absolute Gasteiger partial charge is 0.384 e. The van der Waals surface area contributed by atoms with Gasteiger partial charge in [-0.05, 0) is 18.4 Å². The highest BCUT2D eigenvalue weighted by Gasteiger charge is 2.62. The lowest BCUT2D eigenvalue weighted by molar-refractivity contribution is -0.180. The summed E-state index contributed by atoms with van der Waals surface area (Å²) in [6.07, 6.45) is 3.35. The number of hydrogen-bond donors (Lipinski definition) is 1. The van der Waals surface area contributed by atoms with E-state index >= 15 is 0 Å². The van der Waals surface area contributed by atoms with E-state index in [0.29, 0.717) is 0 Å². The minimum absolute atomic E-state index is 0.184. The molecule has 1 N–H and O–H groups in total. The Hall–Kier alpha value is -0.530. The fourth-order valence-corrected chi connectivity index (χ4v) is 4.01. The second kappa shape index (κ2) is 3.23. The summed E-state index contributed by atoms with van der Waals surface area (Å²) in [6.45, 7) is 0. The van der Waals surface area contributed by atoms with Gasteiger partial charge in [-0.25, -0.2) is 0 Å². The summed E-state index contributed by atoms with van der Waals surface area (Å²) in [7, 11) is 0. The molecule has 0 amide bonds. The Kier molecular flexibility index (Phi) is 2.08. The van der Waals surface area contributed by atoms with Crippen LogP contribution in [0.5, 0.6) is 0 Å². The molecule has 1 aromatic rings. The second-order valence-corrected chi connectivity index (χ2v) is 5.28. The van der Waals surface area contributed by atoms with Crippen molar-refractivity contribution in [2.24, 2.45) is 11.8 Å². The molecule has 2 aliphatic carbocycles. The number of alkyl halides is 1. The summed E-state index contributed by atoms with van der Waals surface area (Å²) in [5.74, 6) is 0.528. The number of hydrogen-bond acceptors (Lipinski definition) is 1. The molecule has 0 saturated heterocycles. The monoisotopic (exact) mass is 222 g/mol. The molecular weight excluding hydrogens is 208 g/mol. The van der Waals surface area contributed by atoms with Crippen molar-refractivity contribution in [1.29, 1.82) is 0 Å². The summed E-state index contributed by atoms with van der Waals surface area (Å²) in [4.78, 5) is 0. The summed E-state index contributed by atoms with van der Waals surface area (Å²) in [6, 6.07) is 10.0. The van der Waals surface area contributed by atoms with Crippen molar-refractivity contribution in [3.8, 4) is 0 Å². The molecule has 80 valence electrons. The smallest absolute Gasteiger partial charge is 0.0980 e. The van der Waals surface area contributed by atoms with Gasteiger partial charge in [0.2, 0.25) is 0 Å². The van der Waals surface area contributed by atoms with Gasteiger partial charge in [0.25, 0.3) is 0 Å².